The average Bonchev–Trinajstić information content (AvgIpc) is 3.30. The van der Waals surface area contributed by atoms with Crippen molar-refractivity contribution in [1.82, 2.24) is 34.7 Å². The van der Waals surface area contributed by atoms with Crippen molar-refractivity contribution in [3.63, 3.8) is 0 Å². The predicted molar refractivity (Wildman–Crippen MR) is 151 cm³/mol. The second kappa shape index (κ2) is 11.1. The van der Waals surface area contributed by atoms with E-state index in [9.17, 15) is 4.79 Å². The minimum Gasteiger partial charge on any atom is -0.444 e. The van der Waals surface area contributed by atoms with Gasteiger partial charge >= 0.3 is 6.09 Å². The fourth-order valence-electron chi connectivity index (χ4n) is 4.72. The maximum absolute atomic E-state index is 12.4. The molecule has 39 heavy (non-hydrogen) atoms. The number of rotatable bonds is 6. The van der Waals surface area contributed by atoms with E-state index in [1.165, 1.54) is 5.56 Å². The fraction of sp³-hybridized carbons (Fsp3) is 0.433. The van der Waals surface area contributed by atoms with Crippen molar-refractivity contribution in [1.29, 1.82) is 0 Å². The van der Waals surface area contributed by atoms with Crippen LogP contribution in [0.4, 0.5) is 4.79 Å². The number of nitrogens with zero attached hydrogens (tertiary/aromatic N) is 6. The lowest BCUT2D eigenvalue weighted by Gasteiger charge is -2.35. The molecule has 0 atom stereocenters. The van der Waals surface area contributed by atoms with Gasteiger partial charge in [-0.05, 0) is 62.6 Å². The molecule has 5 rings (SSSR count). The van der Waals surface area contributed by atoms with Gasteiger partial charge in [-0.1, -0.05) is 19.9 Å². The molecule has 1 saturated heterocycles. The van der Waals surface area contributed by atoms with Crippen molar-refractivity contribution in [3.8, 4) is 11.3 Å². The summed E-state index contributed by atoms with van der Waals surface area (Å²) in [7, 11) is 0. The number of carbonyl (C=O) groups excluding carboxylic acids is 1. The van der Waals surface area contributed by atoms with E-state index in [2.05, 4.69) is 69.0 Å². The molecule has 1 aliphatic heterocycles. The standard InChI is InChI=1S/C30H37N7O2/c1-20(2)25-17-26(33-19-32-25)22-6-7-24-27(15-22)35-28(34-24)16-23-14-21(8-9-31-23)18-36-10-12-37(13-11-36)29(38)39-30(3,4)5/h6-9,14-15,17,19-20H,10-13,16,18H2,1-5H3,(H,34,35). The molecule has 1 N–H and O–H groups in total. The maximum Gasteiger partial charge on any atom is 0.410 e. The van der Waals surface area contributed by atoms with Crippen molar-refractivity contribution in [2.75, 3.05) is 26.2 Å². The van der Waals surface area contributed by atoms with Crippen LogP contribution in [0.25, 0.3) is 22.3 Å². The van der Waals surface area contributed by atoms with Crippen LogP contribution in [0.3, 0.4) is 0 Å². The normalized spacial score (nSPS) is 14.8. The summed E-state index contributed by atoms with van der Waals surface area (Å²) < 4.78 is 5.51. The third kappa shape index (κ3) is 6.78. The van der Waals surface area contributed by atoms with Crippen LogP contribution in [0.15, 0.2) is 48.9 Å². The summed E-state index contributed by atoms with van der Waals surface area (Å²) in [4.78, 5) is 38.2. The number of pyridine rings is 1. The highest BCUT2D eigenvalue weighted by Crippen LogP contribution is 2.24. The van der Waals surface area contributed by atoms with E-state index in [1.807, 2.05) is 33.0 Å². The zero-order valence-corrected chi connectivity index (χ0v) is 23.4. The Kier molecular flexibility index (Phi) is 7.61. The highest BCUT2D eigenvalue weighted by atomic mass is 16.6. The summed E-state index contributed by atoms with van der Waals surface area (Å²) in [5, 5.41) is 0. The Balaban J connectivity index is 1.22. The summed E-state index contributed by atoms with van der Waals surface area (Å²) >= 11 is 0. The highest BCUT2D eigenvalue weighted by molar-refractivity contribution is 5.81. The highest BCUT2D eigenvalue weighted by Gasteiger charge is 2.25. The van der Waals surface area contributed by atoms with Gasteiger partial charge in [-0.3, -0.25) is 9.88 Å². The largest absolute Gasteiger partial charge is 0.444 e. The van der Waals surface area contributed by atoms with Gasteiger partial charge in [0, 0.05) is 62.3 Å². The summed E-state index contributed by atoms with van der Waals surface area (Å²) in [5.41, 5.74) is 6.57. The molecule has 4 aromatic rings. The lowest BCUT2D eigenvalue weighted by molar-refractivity contribution is 0.0139. The average molecular weight is 528 g/mol. The molecule has 0 aliphatic carbocycles. The first-order valence-electron chi connectivity index (χ1n) is 13.6. The molecule has 0 bridgehead atoms. The second-order valence-corrected chi connectivity index (χ2v) is 11.5. The van der Waals surface area contributed by atoms with Gasteiger partial charge in [0.05, 0.1) is 16.7 Å². The molecule has 9 heteroatoms. The molecule has 0 saturated carbocycles. The van der Waals surface area contributed by atoms with Crippen LogP contribution in [0, 0.1) is 0 Å². The molecule has 3 aromatic heterocycles. The lowest BCUT2D eigenvalue weighted by atomic mass is 10.1. The third-order valence-electron chi connectivity index (χ3n) is 6.77. The van der Waals surface area contributed by atoms with E-state index in [0.29, 0.717) is 25.4 Å². The molecule has 0 spiro atoms. The number of aromatic amines is 1. The van der Waals surface area contributed by atoms with E-state index in [0.717, 1.165) is 59.1 Å². The van der Waals surface area contributed by atoms with Gasteiger partial charge in [-0.2, -0.15) is 0 Å². The maximum atomic E-state index is 12.4. The van der Waals surface area contributed by atoms with Crippen molar-refractivity contribution >= 4 is 17.1 Å². The Morgan fingerprint density at radius 3 is 2.56 bits per heavy atom. The van der Waals surface area contributed by atoms with Crippen LogP contribution in [0.5, 0.6) is 0 Å². The van der Waals surface area contributed by atoms with Gasteiger partial charge in [0.25, 0.3) is 0 Å². The summed E-state index contributed by atoms with van der Waals surface area (Å²) in [6, 6.07) is 12.4. The van der Waals surface area contributed by atoms with Gasteiger partial charge < -0.3 is 14.6 Å². The van der Waals surface area contributed by atoms with Gasteiger partial charge in [0.1, 0.15) is 17.8 Å². The van der Waals surface area contributed by atoms with Crippen molar-refractivity contribution in [2.24, 2.45) is 0 Å². The number of hydrogen-bond donors (Lipinski definition) is 1. The van der Waals surface area contributed by atoms with Crippen molar-refractivity contribution < 1.29 is 9.53 Å². The topological polar surface area (TPSA) is 100 Å². The summed E-state index contributed by atoms with van der Waals surface area (Å²) in [5.74, 6) is 1.22. The van der Waals surface area contributed by atoms with Gasteiger partial charge in [-0.15, -0.1) is 0 Å². The number of carbonyl (C=O) groups is 1. The van der Waals surface area contributed by atoms with Crippen LogP contribution in [-0.4, -0.2) is 72.6 Å². The molecule has 204 valence electrons. The molecule has 1 aliphatic rings. The molecular formula is C30H37N7O2. The molecular weight excluding hydrogens is 490 g/mol. The molecule has 1 fully saturated rings. The quantitative estimate of drug-likeness (QED) is 0.369. The first kappa shape index (κ1) is 26.7. The Hall–Kier alpha value is -3.85. The van der Waals surface area contributed by atoms with E-state index < -0.39 is 5.60 Å². The second-order valence-electron chi connectivity index (χ2n) is 11.5. The van der Waals surface area contributed by atoms with Crippen LogP contribution >= 0.6 is 0 Å². The number of piperazine rings is 1. The molecule has 0 radical (unpaired) electrons. The first-order valence-corrected chi connectivity index (χ1v) is 13.6. The fourth-order valence-corrected chi connectivity index (χ4v) is 4.72. The number of H-pyrrole nitrogens is 1. The molecule has 0 unspecified atom stereocenters. The zero-order chi connectivity index (χ0) is 27.6. The van der Waals surface area contributed by atoms with Crippen LogP contribution in [0.1, 0.15) is 63.3 Å². The Morgan fingerprint density at radius 2 is 1.82 bits per heavy atom. The van der Waals surface area contributed by atoms with E-state index in [4.69, 9.17) is 9.72 Å². The third-order valence-corrected chi connectivity index (χ3v) is 6.77. The first-order chi connectivity index (χ1) is 18.6. The minimum atomic E-state index is -0.474. The number of amides is 1. The number of hydrogen-bond acceptors (Lipinski definition) is 7. The number of fused-ring (bicyclic) bond motifs is 1. The lowest BCUT2D eigenvalue weighted by Crippen LogP contribution is -2.49. The smallest absolute Gasteiger partial charge is 0.410 e. The van der Waals surface area contributed by atoms with Crippen LogP contribution in [0.2, 0.25) is 0 Å². The minimum absolute atomic E-state index is 0.233. The van der Waals surface area contributed by atoms with E-state index in [1.54, 1.807) is 11.2 Å². The number of aromatic nitrogens is 5. The molecule has 9 nitrogen and oxygen atoms in total. The molecule has 1 amide bonds. The van der Waals surface area contributed by atoms with Crippen molar-refractivity contribution in [2.45, 2.75) is 59.1 Å². The SMILES string of the molecule is CC(C)c1cc(-c2ccc3nc(Cc4cc(CN5CCN(C(=O)OC(C)(C)C)CC5)ccn4)[nH]c3c2)ncn1. The summed E-state index contributed by atoms with van der Waals surface area (Å²) in [6.07, 6.45) is 3.88. The molecule has 4 heterocycles. The number of benzene rings is 1. The predicted octanol–water partition coefficient (Wildman–Crippen LogP) is 5.18. The Bertz CT molecular complexity index is 1450. The Morgan fingerprint density at radius 1 is 1.03 bits per heavy atom. The zero-order valence-electron chi connectivity index (χ0n) is 23.4. The molecule has 1 aromatic carbocycles. The number of nitrogens with one attached hydrogen (secondary N) is 1. The Labute approximate surface area is 229 Å². The van der Waals surface area contributed by atoms with Crippen molar-refractivity contribution in [3.05, 3.63) is 71.7 Å². The van der Waals surface area contributed by atoms with Gasteiger partial charge in [0.2, 0.25) is 0 Å². The number of ether oxygens (including phenoxy) is 1. The van der Waals surface area contributed by atoms with Crippen LogP contribution in [-0.2, 0) is 17.7 Å². The van der Waals surface area contributed by atoms with E-state index >= 15 is 0 Å². The van der Waals surface area contributed by atoms with E-state index in [-0.39, 0.29) is 6.09 Å². The number of imidazole rings is 1. The van der Waals surface area contributed by atoms with Crippen LogP contribution < -0.4 is 0 Å². The van der Waals surface area contributed by atoms with Gasteiger partial charge in [0.15, 0.2) is 0 Å². The monoisotopic (exact) mass is 527 g/mol. The summed E-state index contributed by atoms with van der Waals surface area (Å²) in [6.45, 7) is 13.7. The van der Waals surface area contributed by atoms with Gasteiger partial charge in [-0.25, -0.2) is 19.7 Å².